The molecular formula is C16H14N2O4S. The minimum Gasteiger partial charge on any atom is -0.478 e. The maximum absolute atomic E-state index is 12.7. The maximum Gasteiger partial charge on any atom is 0.335 e. The average Bonchev–Trinajstić information content (AvgIpc) is 2.54. The molecule has 0 radical (unpaired) electrons. The van der Waals surface area contributed by atoms with E-state index in [1.165, 1.54) is 25.2 Å². The molecule has 23 heavy (non-hydrogen) atoms. The lowest BCUT2D eigenvalue weighted by Crippen LogP contribution is -2.26. The van der Waals surface area contributed by atoms with Gasteiger partial charge in [-0.25, -0.2) is 13.2 Å². The Morgan fingerprint density at radius 1 is 1.22 bits per heavy atom. The normalized spacial score (nSPS) is 10.8. The van der Waals surface area contributed by atoms with Gasteiger partial charge in [0.25, 0.3) is 10.0 Å². The van der Waals surface area contributed by atoms with Crippen LogP contribution in [0.5, 0.6) is 0 Å². The largest absolute Gasteiger partial charge is 0.478 e. The number of aromatic carboxylic acids is 1. The molecule has 2 aromatic rings. The van der Waals surface area contributed by atoms with E-state index in [2.05, 4.69) is 0 Å². The fourth-order valence-electron chi connectivity index (χ4n) is 2.06. The van der Waals surface area contributed by atoms with Crippen LogP contribution in [0.15, 0.2) is 47.4 Å². The molecule has 0 aromatic heterocycles. The predicted octanol–water partition coefficient (Wildman–Crippen LogP) is 2.39. The number of hydrogen-bond donors (Lipinski definition) is 1. The summed E-state index contributed by atoms with van der Waals surface area (Å²) in [7, 11) is -2.58. The Kier molecular flexibility index (Phi) is 4.38. The van der Waals surface area contributed by atoms with Gasteiger partial charge in [0.05, 0.1) is 27.8 Å². The Morgan fingerprint density at radius 2 is 1.91 bits per heavy atom. The van der Waals surface area contributed by atoms with Crippen LogP contribution in [-0.4, -0.2) is 26.5 Å². The van der Waals surface area contributed by atoms with Gasteiger partial charge in [-0.3, -0.25) is 4.31 Å². The predicted molar refractivity (Wildman–Crippen MR) is 84.9 cm³/mol. The second kappa shape index (κ2) is 6.10. The number of carboxylic acids is 1. The van der Waals surface area contributed by atoms with Crippen molar-refractivity contribution in [3.8, 4) is 6.07 Å². The molecule has 2 aromatic carbocycles. The summed E-state index contributed by atoms with van der Waals surface area (Å²) in [5.74, 6) is -1.19. The first-order valence-electron chi connectivity index (χ1n) is 6.60. The average molecular weight is 330 g/mol. The zero-order valence-corrected chi connectivity index (χ0v) is 13.3. The van der Waals surface area contributed by atoms with Crippen molar-refractivity contribution in [1.82, 2.24) is 0 Å². The van der Waals surface area contributed by atoms with Gasteiger partial charge in [0.15, 0.2) is 0 Å². The molecule has 118 valence electrons. The minimum atomic E-state index is -3.93. The molecule has 0 saturated heterocycles. The lowest BCUT2D eigenvalue weighted by atomic mass is 10.1. The third-order valence-electron chi connectivity index (χ3n) is 3.44. The van der Waals surface area contributed by atoms with E-state index in [9.17, 15) is 13.2 Å². The van der Waals surface area contributed by atoms with Crippen LogP contribution < -0.4 is 4.31 Å². The standard InChI is InChI=1S/C16H14N2O4S/c1-11-6-7-14(9-15(11)16(19)20)23(21,22)18(2)13-5-3-4-12(8-13)10-17/h3-9H,1-2H3,(H,19,20). The van der Waals surface area contributed by atoms with Gasteiger partial charge < -0.3 is 5.11 Å². The number of nitriles is 1. The van der Waals surface area contributed by atoms with Gasteiger partial charge >= 0.3 is 5.97 Å². The van der Waals surface area contributed by atoms with Crippen LogP contribution in [0.2, 0.25) is 0 Å². The molecule has 0 aliphatic rings. The second-order valence-corrected chi connectivity index (χ2v) is 6.89. The molecule has 0 aliphatic carbocycles. The molecule has 0 atom stereocenters. The number of rotatable bonds is 4. The zero-order chi connectivity index (χ0) is 17.2. The summed E-state index contributed by atoms with van der Waals surface area (Å²) in [6.45, 7) is 1.60. The van der Waals surface area contributed by atoms with Crippen LogP contribution >= 0.6 is 0 Å². The molecule has 2 rings (SSSR count). The Balaban J connectivity index is 2.51. The Labute approximate surface area is 134 Å². The molecule has 0 bridgehead atoms. The molecule has 0 heterocycles. The summed E-state index contributed by atoms with van der Waals surface area (Å²) in [6, 6.07) is 12.1. The van der Waals surface area contributed by atoms with Gasteiger partial charge in [-0.05, 0) is 42.8 Å². The molecule has 7 heteroatoms. The molecular weight excluding hydrogens is 316 g/mol. The van der Waals surface area contributed by atoms with Crippen LogP contribution in [0.3, 0.4) is 0 Å². The van der Waals surface area contributed by atoms with Crippen LogP contribution in [0.4, 0.5) is 5.69 Å². The number of carbonyl (C=O) groups is 1. The van der Waals surface area contributed by atoms with Crippen molar-refractivity contribution in [3.05, 3.63) is 59.2 Å². The summed E-state index contributed by atoms with van der Waals surface area (Å²) in [4.78, 5) is 11.1. The van der Waals surface area contributed by atoms with Crippen LogP contribution in [-0.2, 0) is 10.0 Å². The highest BCUT2D eigenvalue weighted by Crippen LogP contribution is 2.24. The molecule has 0 unspecified atom stereocenters. The molecule has 0 aliphatic heterocycles. The first-order valence-corrected chi connectivity index (χ1v) is 8.04. The zero-order valence-electron chi connectivity index (χ0n) is 12.5. The molecule has 1 N–H and O–H groups in total. The van der Waals surface area contributed by atoms with E-state index >= 15 is 0 Å². The summed E-state index contributed by atoms with van der Waals surface area (Å²) >= 11 is 0. The smallest absolute Gasteiger partial charge is 0.335 e. The topological polar surface area (TPSA) is 98.5 Å². The van der Waals surface area contributed by atoms with Crippen LogP contribution in [0, 0.1) is 18.3 Å². The highest BCUT2D eigenvalue weighted by Gasteiger charge is 2.23. The lowest BCUT2D eigenvalue weighted by molar-refractivity contribution is 0.0696. The summed E-state index contributed by atoms with van der Waals surface area (Å²) < 4.78 is 26.4. The van der Waals surface area contributed by atoms with E-state index in [1.807, 2.05) is 6.07 Å². The van der Waals surface area contributed by atoms with Crippen molar-refractivity contribution in [2.75, 3.05) is 11.4 Å². The van der Waals surface area contributed by atoms with Crippen LogP contribution in [0.1, 0.15) is 21.5 Å². The van der Waals surface area contributed by atoms with Gasteiger partial charge in [0.1, 0.15) is 0 Å². The third-order valence-corrected chi connectivity index (χ3v) is 5.22. The van der Waals surface area contributed by atoms with E-state index in [0.717, 1.165) is 10.4 Å². The van der Waals surface area contributed by atoms with Crippen LogP contribution in [0.25, 0.3) is 0 Å². The van der Waals surface area contributed by atoms with Gasteiger partial charge in [0, 0.05) is 7.05 Å². The molecule has 0 saturated carbocycles. The minimum absolute atomic E-state index is 0.0646. The molecule has 0 fully saturated rings. The van der Waals surface area contributed by atoms with E-state index in [1.54, 1.807) is 25.1 Å². The summed E-state index contributed by atoms with van der Waals surface area (Å²) in [6.07, 6.45) is 0. The van der Waals surface area contributed by atoms with Crippen molar-refractivity contribution < 1.29 is 18.3 Å². The van der Waals surface area contributed by atoms with E-state index in [0.29, 0.717) is 16.8 Å². The number of aryl methyl sites for hydroxylation is 1. The molecule has 0 spiro atoms. The number of nitrogens with zero attached hydrogens (tertiary/aromatic N) is 2. The van der Waals surface area contributed by atoms with Crippen molar-refractivity contribution in [3.63, 3.8) is 0 Å². The number of anilines is 1. The monoisotopic (exact) mass is 330 g/mol. The number of hydrogen-bond acceptors (Lipinski definition) is 4. The first-order chi connectivity index (χ1) is 10.8. The van der Waals surface area contributed by atoms with E-state index < -0.39 is 16.0 Å². The molecule has 6 nitrogen and oxygen atoms in total. The molecule has 0 amide bonds. The first kappa shape index (κ1) is 16.5. The maximum atomic E-state index is 12.7. The van der Waals surface area contributed by atoms with Crippen molar-refractivity contribution in [1.29, 1.82) is 5.26 Å². The Bertz CT molecular complexity index is 914. The van der Waals surface area contributed by atoms with E-state index in [4.69, 9.17) is 10.4 Å². The summed E-state index contributed by atoms with van der Waals surface area (Å²) in [5, 5.41) is 18.0. The van der Waals surface area contributed by atoms with Gasteiger partial charge in [-0.2, -0.15) is 5.26 Å². The third kappa shape index (κ3) is 3.17. The summed E-state index contributed by atoms with van der Waals surface area (Å²) in [5.41, 5.74) is 1.07. The Morgan fingerprint density at radius 3 is 2.52 bits per heavy atom. The fraction of sp³-hybridized carbons (Fsp3) is 0.125. The van der Waals surface area contributed by atoms with Crippen molar-refractivity contribution in [2.45, 2.75) is 11.8 Å². The second-order valence-electron chi connectivity index (χ2n) is 4.92. The number of carboxylic acid groups (broad SMARTS) is 1. The van der Waals surface area contributed by atoms with Crippen molar-refractivity contribution >= 4 is 21.7 Å². The van der Waals surface area contributed by atoms with Gasteiger partial charge in [-0.15, -0.1) is 0 Å². The Hall–Kier alpha value is -2.85. The van der Waals surface area contributed by atoms with E-state index in [-0.39, 0.29) is 10.5 Å². The van der Waals surface area contributed by atoms with Gasteiger partial charge in [-0.1, -0.05) is 12.1 Å². The quantitative estimate of drug-likeness (QED) is 0.928. The fourth-order valence-corrected chi connectivity index (χ4v) is 3.27. The SMILES string of the molecule is Cc1ccc(S(=O)(=O)N(C)c2cccc(C#N)c2)cc1C(=O)O. The lowest BCUT2D eigenvalue weighted by Gasteiger charge is -2.20. The highest BCUT2D eigenvalue weighted by atomic mass is 32.2. The van der Waals surface area contributed by atoms with Crippen molar-refractivity contribution in [2.24, 2.45) is 0 Å². The van der Waals surface area contributed by atoms with Gasteiger partial charge in [0.2, 0.25) is 0 Å². The highest BCUT2D eigenvalue weighted by molar-refractivity contribution is 7.92. The number of sulfonamides is 1. The number of benzene rings is 2.